The molecule has 0 spiro atoms. The molecule has 0 aliphatic rings. The van der Waals surface area contributed by atoms with Crippen LogP contribution in [0.4, 0.5) is 5.69 Å². The number of nitrogens with zero attached hydrogens (tertiary/aromatic N) is 1. The van der Waals surface area contributed by atoms with E-state index < -0.39 is 0 Å². The molecule has 1 aromatic rings. The minimum Gasteiger partial charge on any atom is -0.397 e. The minimum absolute atomic E-state index is 0.690. The van der Waals surface area contributed by atoms with E-state index in [1.165, 1.54) is 0 Å². The van der Waals surface area contributed by atoms with Crippen molar-refractivity contribution in [3.63, 3.8) is 0 Å². The molecule has 3 heteroatoms. The zero-order valence-electron chi connectivity index (χ0n) is 5.06. The molecule has 1 aromatic heterocycles. The number of nitrogens with two attached hydrogens (primary N) is 1. The number of aromatic nitrogens is 1. The van der Waals surface area contributed by atoms with Crippen LogP contribution in [0.1, 0.15) is 5.56 Å². The summed E-state index contributed by atoms with van der Waals surface area (Å²) < 4.78 is 0.942. The summed E-state index contributed by atoms with van der Waals surface area (Å²) >= 11 is 3.31. The Hall–Kier alpha value is -0.570. The SMILES string of the molecule is Cc1cncc(N)c1Br. The molecule has 0 saturated carbocycles. The Morgan fingerprint density at radius 2 is 2.22 bits per heavy atom. The maximum Gasteiger partial charge on any atom is 0.0647 e. The molecule has 0 atom stereocenters. The van der Waals surface area contributed by atoms with E-state index in [1.807, 2.05) is 6.92 Å². The predicted octanol–water partition coefficient (Wildman–Crippen LogP) is 1.73. The molecule has 0 bridgehead atoms. The number of hydrogen-bond donors (Lipinski definition) is 1. The van der Waals surface area contributed by atoms with E-state index in [2.05, 4.69) is 20.9 Å². The fraction of sp³-hybridized carbons (Fsp3) is 0.167. The third kappa shape index (κ3) is 1.21. The zero-order valence-corrected chi connectivity index (χ0v) is 6.64. The third-order valence-electron chi connectivity index (χ3n) is 1.08. The Kier molecular flexibility index (Phi) is 1.71. The summed E-state index contributed by atoms with van der Waals surface area (Å²) in [5, 5.41) is 0. The lowest BCUT2D eigenvalue weighted by molar-refractivity contribution is 1.25. The molecule has 0 aliphatic carbocycles. The summed E-state index contributed by atoms with van der Waals surface area (Å²) in [6.45, 7) is 1.95. The van der Waals surface area contributed by atoms with Crippen LogP contribution < -0.4 is 5.73 Å². The van der Waals surface area contributed by atoms with E-state index in [0.717, 1.165) is 10.0 Å². The number of aryl methyl sites for hydroxylation is 1. The average Bonchev–Trinajstić information content (AvgIpc) is 1.83. The molecule has 0 saturated heterocycles. The van der Waals surface area contributed by atoms with Gasteiger partial charge >= 0.3 is 0 Å². The van der Waals surface area contributed by atoms with Crippen molar-refractivity contribution >= 4 is 21.6 Å². The smallest absolute Gasteiger partial charge is 0.0647 e. The fourth-order valence-electron chi connectivity index (χ4n) is 0.570. The Morgan fingerprint density at radius 3 is 2.67 bits per heavy atom. The van der Waals surface area contributed by atoms with Crippen molar-refractivity contribution in [3.05, 3.63) is 22.4 Å². The van der Waals surface area contributed by atoms with E-state index >= 15 is 0 Å². The monoisotopic (exact) mass is 186 g/mol. The summed E-state index contributed by atoms with van der Waals surface area (Å²) in [5.74, 6) is 0. The second kappa shape index (κ2) is 2.35. The first kappa shape index (κ1) is 6.55. The maximum atomic E-state index is 5.51. The first-order valence-electron chi connectivity index (χ1n) is 2.57. The minimum atomic E-state index is 0.690. The molecule has 9 heavy (non-hydrogen) atoms. The van der Waals surface area contributed by atoms with Crippen LogP contribution in [0.3, 0.4) is 0 Å². The highest BCUT2D eigenvalue weighted by Gasteiger charge is 1.95. The van der Waals surface area contributed by atoms with Gasteiger partial charge in [0.15, 0.2) is 0 Å². The van der Waals surface area contributed by atoms with Crippen LogP contribution in [-0.2, 0) is 0 Å². The Bertz CT molecular complexity index is 202. The van der Waals surface area contributed by atoms with Gasteiger partial charge in [0.1, 0.15) is 0 Å². The van der Waals surface area contributed by atoms with Gasteiger partial charge in [-0.15, -0.1) is 0 Å². The first-order chi connectivity index (χ1) is 4.22. The summed E-state index contributed by atoms with van der Waals surface area (Å²) in [6.07, 6.45) is 3.39. The van der Waals surface area contributed by atoms with Crippen molar-refractivity contribution in [1.29, 1.82) is 0 Å². The molecule has 0 aromatic carbocycles. The molecule has 48 valence electrons. The molecule has 2 N–H and O–H groups in total. The summed E-state index contributed by atoms with van der Waals surface area (Å²) in [7, 11) is 0. The van der Waals surface area contributed by atoms with Crippen molar-refractivity contribution < 1.29 is 0 Å². The summed E-state index contributed by atoms with van der Waals surface area (Å²) in [5.41, 5.74) is 7.27. The van der Waals surface area contributed by atoms with Crippen molar-refractivity contribution in [1.82, 2.24) is 4.98 Å². The zero-order chi connectivity index (χ0) is 6.85. The molecule has 0 unspecified atom stereocenters. The summed E-state index contributed by atoms with van der Waals surface area (Å²) in [6, 6.07) is 0. The van der Waals surface area contributed by atoms with Gasteiger partial charge in [-0.1, -0.05) is 0 Å². The van der Waals surface area contributed by atoms with Crippen LogP contribution in [0.5, 0.6) is 0 Å². The lowest BCUT2D eigenvalue weighted by atomic mass is 10.3. The topological polar surface area (TPSA) is 38.9 Å². The normalized spacial score (nSPS) is 9.56. The number of nitrogen functional groups attached to an aromatic ring is 1. The average molecular weight is 187 g/mol. The number of anilines is 1. The fourth-order valence-corrected chi connectivity index (χ4v) is 0.775. The van der Waals surface area contributed by atoms with Crippen LogP contribution in [0.15, 0.2) is 16.9 Å². The summed E-state index contributed by atoms with van der Waals surface area (Å²) in [4.78, 5) is 3.89. The van der Waals surface area contributed by atoms with Crippen molar-refractivity contribution in [2.24, 2.45) is 0 Å². The van der Waals surface area contributed by atoms with Crippen molar-refractivity contribution in [3.8, 4) is 0 Å². The van der Waals surface area contributed by atoms with E-state index in [0.29, 0.717) is 5.69 Å². The molecule has 1 rings (SSSR count). The van der Waals surface area contributed by atoms with E-state index in [4.69, 9.17) is 5.73 Å². The Labute approximate surface area is 62.2 Å². The van der Waals surface area contributed by atoms with E-state index in [-0.39, 0.29) is 0 Å². The molecule has 0 radical (unpaired) electrons. The van der Waals surface area contributed by atoms with E-state index in [9.17, 15) is 0 Å². The van der Waals surface area contributed by atoms with Gasteiger partial charge in [0.05, 0.1) is 11.9 Å². The molecular formula is C6H7BrN2. The largest absolute Gasteiger partial charge is 0.397 e. The highest BCUT2D eigenvalue weighted by Crippen LogP contribution is 2.20. The standard InChI is InChI=1S/C6H7BrN2/c1-4-2-9-3-5(8)6(4)7/h2-3H,8H2,1H3. The van der Waals surface area contributed by atoms with Gasteiger partial charge in [0.25, 0.3) is 0 Å². The third-order valence-corrected chi connectivity index (χ3v) is 2.16. The second-order valence-corrected chi connectivity index (χ2v) is 2.65. The highest BCUT2D eigenvalue weighted by molar-refractivity contribution is 9.10. The lowest BCUT2D eigenvalue weighted by Crippen LogP contribution is -1.89. The number of halogens is 1. The molecule has 1 heterocycles. The molecule has 2 nitrogen and oxygen atoms in total. The first-order valence-corrected chi connectivity index (χ1v) is 3.36. The predicted molar refractivity (Wildman–Crippen MR) is 41.1 cm³/mol. The Morgan fingerprint density at radius 1 is 1.56 bits per heavy atom. The van der Waals surface area contributed by atoms with Crippen LogP contribution in [0.25, 0.3) is 0 Å². The van der Waals surface area contributed by atoms with Gasteiger partial charge in [-0.25, -0.2) is 0 Å². The van der Waals surface area contributed by atoms with Crippen LogP contribution in [0.2, 0.25) is 0 Å². The molecular weight excluding hydrogens is 180 g/mol. The van der Waals surface area contributed by atoms with Crippen LogP contribution in [-0.4, -0.2) is 4.98 Å². The van der Waals surface area contributed by atoms with Gasteiger partial charge in [-0.05, 0) is 28.4 Å². The van der Waals surface area contributed by atoms with Crippen LogP contribution in [0, 0.1) is 6.92 Å². The van der Waals surface area contributed by atoms with Gasteiger partial charge in [-0.3, -0.25) is 4.98 Å². The van der Waals surface area contributed by atoms with Crippen molar-refractivity contribution in [2.45, 2.75) is 6.92 Å². The number of hydrogen-bond acceptors (Lipinski definition) is 2. The molecule has 0 fully saturated rings. The quantitative estimate of drug-likeness (QED) is 0.671. The Balaban J connectivity index is 3.25. The lowest BCUT2D eigenvalue weighted by Gasteiger charge is -1.97. The molecule has 0 amide bonds. The van der Waals surface area contributed by atoms with E-state index in [1.54, 1.807) is 12.4 Å². The van der Waals surface area contributed by atoms with Gasteiger partial charge in [-0.2, -0.15) is 0 Å². The second-order valence-electron chi connectivity index (χ2n) is 1.86. The van der Waals surface area contributed by atoms with Gasteiger partial charge in [0.2, 0.25) is 0 Å². The highest BCUT2D eigenvalue weighted by atomic mass is 79.9. The van der Waals surface area contributed by atoms with Gasteiger partial charge in [0, 0.05) is 10.7 Å². The number of rotatable bonds is 0. The number of pyridine rings is 1. The maximum absolute atomic E-state index is 5.51. The van der Waals surface area contributed by atoms with Gasteiger partial charge < -0.3 is 5.73 Å². The molecule has 0 aliphatic heterocycles. The van der Waals surface area contributed by atoms with Crippen molar-refractivity contribution in [2.75, 3.05) is 5.73 Å². The van der Waals surface area contributed by atoms with Crippen LogP contribution >= 0.6 is 15.9 Å².